The topological polar surface area (TPSA) is 60.4 Å². The molecular weight excluding hydrogens is 535 g/mol. The lowest BCUT2D eigenvalue weighted by molar-refractivity contribution is -0.142. The van der Waals surface area contributed by atoms with Crippen LogP contribution in [0.3, 0.4) is 0 Å². The van der Waals surface area contributed by atoms with Gasteiger partial charge in [0, 0.05) is 22.3 Å². The molecule has 8 heteroatoms. The smallest absolute Gasteiger partial charge is 0.273 e. The van der Waals surface area contributed by atoms with Crippen molar-refractivity contribution in [3.05, 3.63) is 68.3 Å². The second-order valence-corrected chi connectivity index (χ2v) is 11.8. The molecule has 1 saturated heterocycles. The number of morpholine rings is 1. The molecular formula is C31H40Cl2N2O4. The van der Waals surface area contributed by atoms with Gasteiger partial charge in [-0.05, 0) is 114 Å². The largest absolute Gasteiger partial charge is 0.493 e. The summed E-state index contributed by atoms with van der Waals surface area (Å²) in [4.78, 5) is 20.8. The van der Waals surface area contributed by atoms with Gasteiger partial charge < -0.3 is 19.1 Å². The van der Waals surface area contributed by atoms with Crippen LogP contribution in [0.25, 0.3) is 0 Å². The van der Waals surface area contributed by atoms with E-state index in [-0.39, 0.29) is 12.0 Å². The third kappa shape index (κ3) is 8.00. The number of aliphatic imine (C=N–C) groups is 1. The van der Waals surface area contributed by atoms with Crippen LogP contribution >= 0.6 is 23.2 Å². The first-order valence-electron chi connectivity index (χ1n) is 13.3. The number of allylic oxidation sites excluding steroid dienone is 1. The number of nitrogens with zero attached hydrogens (tertiary/aromatic N) is 2. The highest BCUT2D eigenvalue weighted by Gasteiger charge is 2.36. The fourth-order valence-electron chi connectivity index (χ4n) is 4.60. The minimum atomic E-state index is -0.445. The van der Waals surface area contributed by atoms with Gasteiger partial charge in [-0.15, -0.1) is 0 Å². The Kier molecular flexibility index (Phi) is 10.5. The minimum absolute atomic E-state index is 0.0443. The Hall–Kier alpha value is -2.54. The van der Waals surface area contributed by atoms with Crippen LogP contribution in [0, 0.1) is 6.92 Å². The summed E-state index contributed by atoms with van der Waals surface area (Å²) in [5, 5.41) is 1.04. The number of carbonyl (C=O) groups is 1. The Bertz CT molecular complexity index is 1250. The Balaban J connectivity index is 2.00. The zero-order chi connectivity index (χ0) is 28.9. The van der Waals surface area contributed by atoms with E-state index in [0.717, 1.165) is 34.4 Å². The van der Waals surface area contributed by atoms with Crippen molar-refractivity contribution in [2.24, 2.45) is 4.99 Å². The predicted molar refractivity (Wildman–Crippen MR) is 160 cm³/mol. The molecule has 0 radical (unpaired) electrons. The SMILES string of the molecule is COc1cc(CC/C(C)=C(/N=C(C)c2cc(Cl)cc(Cl)c2)C(=O)N2CCOCC2(C)C)c(C)cc1OC(C)C. The third-order valence-electron chi connectivity index (χ3n) is 6.81. The number of aryl methyl sites for hydroxylation is 2. The quantitative estimate of drug-likeness (QED) is 0.230. The number of hydrogen-bond donors (Lipinski definition) is 0. The van der Waals surface area contributed by atoms with Crippen LogP contribution in [-0.2, 0) is 16.0 Å². The van der Waals surface area contributed by atoms with E-state index in [0.29, 0.717) is 53.4 Å². The maximum Gasteiger partial charge on any atom is 0.273 e. The number of rotatable bonds is 9. The van der Waals surface area contributed by atoms with Crippen LogP contribution in [0.5, 0.6) is 11.5 Å². The van der Waals surface area contributed by atoms with Crippen molar-refractivity contribution in [2.75, 3.05) is 26.9 Å². The zero-order valence-electron chi connectivity index (χ0n) is 24.3. The average Bonchev–Trinajstić information content (AvgIpc) is 2.85. The van der Waals surface area contributed by atoms with E-state index in [1.165, 1.54) is 0 Å². The van der Waals surface area contributed by atoms with Gasteiger partial charge >= 0.3 is 0 Å². The highest BCUT2D eigenvalue weighted by atomic mass is 35.5. The van der Waals surface area contributed by atoms with Gasteiger partial charge in [-0.3, -0.25) is 4.79 Å². The second kappa shape index (κ2) is 13.2. The van der Waals surface area contributed by atoms with Gasteiger partial charge in [0.1, 0.15) is 5.70 Å². The monoisotopic (exact) mass is 574 g/mol. The molecule has 2 aromatic rings. The highest BCUT2D eigenvalue weighted by Crippen LogP contribution is 2.33. The first kappa shape index (κ1) is 31.0. The summed E-state index contributed by atoms with van der Waals surface area (Å²) in [5.74, 6) is 1.32. The van der Waals surface area contributed by atoms with Gasteiger partial charge in [-0.2, -0.15) is 0 Å². The number of halogens is 2. The van der Waals surface area contributed by atoms with Gasteiger partial charge in [0.15, 0.2) is 11.5 Å². The van der Waals surface area contributed by atoms with Crippen molar-refractivity contribution in [1.82, 2.24) is 4.90 Å². The summed E-state index contributed by atoms with van der Waals surface area (Å²) >= 11 is 12.5. The zero-order valence-corrected chi connectivity index (χ0v) is 25.8. The van der Waals surface area contributed by atoms with E-state index >= 15 is 0 Å². The maximum atomic E-state index is 14.0. The van der Waals surface area contributed by atoms with E-state index in [9.17, 15) is 4.79 Å². The van der Waals surface area contributed by atoms with E-state index in [1.807, 2.05) is 58.6 Å². The third-order valence-corrected chi connectivity index (χ3v) is 7.25. The molecule has 1 aliphatic heterocycles. The molecule has 0 bridgehead atoms. The summed E-state index contributed by atoms with van der Waals surface area (Å²) in [7, 11) is 1.65. The van der Waals surface area contributed by atoms with Gasteiger partial charge in [0.25, 0.3) is 5.91 Å². The molecule has 0 spiro atoms. The van der Waals surface area contributed by atoms with Gasteiger partial charge in [0.2, 0.25) is 0 Å². The van der Waals surface area contributed by atoms with Gasteiger partial charge in [-0.1, -0.05) is 23.2 Å². The number of hydrogen-bond acceptors (Lipinski definition) is 5. The molecule has 0 aliphatic carbocycles. The summed E-state index contributed by atoms with van der Waals surface area (Å²) < 4.78 is 17.2. The van der Waals surface area contributed by atoms with E-state index < -0.39 is 5.54 Å². The van der Waals surface area contributed by atoms with Gasteiger partial charge in [-0.25, -0.2) is 4.99 Å². The van der Waals surface area contributed by atoms with Crippen molar-refractivity contribution in [3.8, 4) is 11.5 Å². The molecule has 1 amide bonds. The van der Waals surface area contributed by atoms with E-state index in [4.69, 9.17) is 42.4 Å². The molecule has 2 aromatic carbocycles. The minimum Gasteiger partial charge on any atom is -0.493 e. The molecule has 0 atom stereocenters. The molecule has 3 rings (SSSR count). The predicted octanol–water partition coefficient (Wildman–Crippen LogP) is 7.45. The highest BCUT2D eigenvalue weighted by molar-refractivity contribution is 6.35. The summed E-state index contributed by atoms with van der Waals surface area (Å²) in [5.41, 5.74) is 4.56. The molecule has 39 heavy (non-hydrogen) atoms. The Morgan fingerprint density at radius 3 is 2.36 bits per heavy atom. The van der Waals surface area contributed by atoms with Crippen molar-refractivity contribution in [2.45, 2.75) is 73.0 Å². The Morgan fingerprint density at radius 2 is 1.77 bits per heavy atom. The van der Waals surface area contributed by atoms with Crippen LogP contribution in [0.2, 0.25) is 10.0 Å². The Morgan fingerprint density at radius 1 is 1.10 bits per heavy atom. The fraction of sp³-hybridized carbons (Fsp3) is 0.484. The summed E-state index contributed by atoms with van der Waals surface area (Å²) in [6, 6.07) is 9.32. The molecule has 1 aliphatic rings. The van der Waals surface area contributed by atoms with Crippen LogP contribution < -0.4 is 9.47 Å². The second-order valence-electron chi connectivity index (χ2n) is 10.9. The van der Waals surface area contributed by atoms with E-state index in [1.54, 1.807) is 25.3 Å². The number of benzene rings is 2. The molecule has 1 heterocycles. The first-order valence-corrected chi connectivity index (χ1v) is 14.0. The molecule has 0 saturated carbocycles. The lowest BCUT2D eigenvalue weighted by atomic mass is 9.97. The summed E-state index contributed by atoms with van der Waals surface area (Å²) in [6.07, 6.45) is 1.41. The number of ether oxygens (including phenoxy) is 3. The average molecular weight is 576 g/mol. The lowest BCUT2D eigenvalue weighted by Gasteiger charge is -2.42. The molecule has 0 unspecified atom stereocenters. The lowest BCUT2D eigenvalue weighted by Crippen LogP contribution is -2.55. The van der Waals surface area contributed by atoms with Crippen LogP contribution in [-0.4, -0.2) is 55.0 Å². The Labute approximate surface area is 242 Å². The molecule has 212 valence electrons. The molecule has 0 N–H and O–H groups in total. The number of methoxy groups -OCH3 is 1. The van der Waals surface area contributed by atoms with Crippen LogP contribution in [0.1, 0.15) is 64.7 Å². The molecule has 0 aromatic heterocycles. The molecule has 6 nitrogen and oxygen atoms in total. The van der Waals surface area contributed by atoms with Gasteiger partial charge in [0.05, 0.1) is 32.0 Å². The van der Waals surface area contributed by atoms with Crippen LogP contribution in [0.4, 0.5) is 0 Å². The van der Waals surface area contributed by atoms with Crippen LogP contribution in [0.15, 0.2) is 46.6 Å². The standard InChI is InChI=1S/C31H40Cl2N2O4/c1-19(2)39-28-13-21(4)23(16-27(28)37-8)10-9-20(3)29(30(36)35-11-12-38-18-31(35,6)7)34-22(5)24-14-25(32)17-26(33)15-24/h13-17,19H,9-12,18H2,1-8H3/b29-20+,34-22?. The first-order chi connectivity index (χ1) is 18.3. The summed E-state index contributed by atoms with van der Waals surface area (Å²) in [6.45, 7) is 15.4. The van der Waals surface area contributed by atoms with Crippen molar-refractivity contribution < 1.29 is 19.0 Å². The number of amides is 1. The van der Waals surface area contributed by atoms with E-state index in [2.05, 4.69) is 6.92 Å². The van der Waals surface area contributed by atoms with Crippen molar-refractivity contribution in [1.29, 1.82) is 0 Å². The normalized spacial score (nSPS) is 16.3. The maximum absolute atomic E-state index is 14.0. The molecule has 1 fully saturated rings. The van der Waals surface area contributed by atoms with Crippen molar-refractivity contribution >= 4 is 34.8 Å². The fourth-order valence-corrected chi connectivity index (χ4v) is 5.13. The number of carbonyl (C=O) groups excluding carboxylic acids is 1. The van der Waals surface area contributed by atoms with Crippen molar-refractivity contribution in [3.63, 3.8) is 0 Å².